The fourth-order valence-corrected chi connectivity index (χ4v) is 2.10. The smallest absolute Gasteiger partial charge is 0.0522 e. The van der Waals surface area contributed by atoms with Crippen LogP contribution in [0.4, 0.5) is 5.69 Å². The van der Waals surface area contributed by atoms with Crippen LogP contribution in [0.25, 0.3) is 0 Å². The van der Waals surface area contributed by atoms with Crippen molar-refractivity contribution < 1.29 is 0 Å². The number of aromatic nitrogens is 2. The lowest BCUT2D eigenvalue weighted by molar-refractivity contribution is 0.767. The number of anilines is 1. The zero-order valence-corrected chi connectivity index (χ0v) is 11.4. The number of para-hydroxylation sites is 1. The van der Waals surface area contributed by atoms with E-state index in [2.05, 4.69) is 54.7 Å². The molecule has 2 aromatic rings. The highest BCUT2D eigenvalue weighted by molar-refractivity contribution is 5.52. The summed E-state index contributed by atoms with van der Waals surface area (Å²) in [5, 5.41) is 7.69. The molecule has 3 nitrogen and oxygen atoms in total. The number of hydrogen-bond acceptors (Lipinski definition) is 2. The molecule has 96 valence electrons. The van der Waals surface area contributed by atoms with Crippen LogP contribution in [0.5, 0.6) is 0 Å². The lowest BCUT2D eigenvalue weighted by Crippen LogP contribution is -2.07. The minimum absolute atomic E-state index is 0.548. The summed E-state index contributed by atoms with van der Waals surface area (Å²) in [6.07, 6.45) is 4.99. The van der Waals surface area contributed by atoms with Gasteiger partial charge in [0.25, 0.3) is 0 Å². The Bertz CT molecular complexity index is 500. The molecule has 1 aromatic heterocycles. The van der Waals surface area contributed by atoms with Gasteiger partial charge in [-0.3, -0.25) is 4.68 Å². The van der Waals surface area contributed by atoms with Gasteiger partial charge in [-0.2, -0.15) is 5.10 Å². The van der Waals surface area contributed by atoms with Crippen LogP contribution in [0.3, 0.4) is 0 Å². The molecule has 0 saturated heterocycles. The SMILES string of the molecule is CC(C)c1ccccc1NCCc1cnn(C)c1. The highest BCUT2D eigenvalue weighted by Crippen LogP contribution is 2.23. The van der Waals surface area contributed by atoms with Crippen molar-refractivity contribution in [2.75, 3.05) is 11.9 Å². The van der Waals surface area contributed by atoms with Gasteiger partial charge in [0.1, 0.15) is 0 Å². The molecule has 1 N–H and O–H groups in total. The molecule has 18 heavy (non-hydrogen) atoms. The van der Waals surface area contributed by atoms with Gasteiger partial charge >= 0.3 is 0 Å². The van der Waals surface area contributed by atoms with Gasteiger partial charge in [0.2, 0.25) is 0 Å². The van der Waals surface area contributed by atoms with Crippen LogP contribution in [0.2, 0.25) is 0 Å². The summed E-state index contributed by atoms with van der Waals surface area (Å²) in [6, 6.07) is 8.52. The minimum Gasteiger partial charge on any atom is -0.384 e. The summed E-state index contributed by atoms with van der Waals surface area (Å²) in [4.78, 5) is 0. The van der Waals surface area contributed by atoms with E-state index in [0.717, 1.165) is 13.0 Å². The first-order chi connectivity index (χ1) is 8.66. The predicted molar refractivity (Wildman–Crippen MR) is 75.9 cm³/mol. The van der Waals surface area contributed by atoms with Gasteiger partial charge in [-0.15, -0.1) is 0 Å². The Balaban J connectivity index is 1.94. The van der Waals surface area contributed by atoms with E-state index in [1.807, 2.05) is 17.9 Å². The standard InChI is InChI=1S/C15H21N3/c1-12(2)14-6-4-5-7-15(14)16-9-8-13-10-17-18(3)11-13/h4-7,10-12,16H,8-9H2,1-3H3. The van der Waals surface area contributed by atoms with Crippen LogP contribution in [0.15, 0.2) is 36.7 Å². The molecule has 1 aromatic carbocycles. The lowest BCUT2D eigenvalue weighted by atomic mass is 10.0. The van der Waals surface area contributed by atoms with Crippen LogP contribution >= 0.6 is 0 Å². The maximum atomic E-state index is 4.18. The Morgan fingerprint density at radius 3 is 2.72 bits per heavy atom. The van der Waals surface area contributed by atoms with Crippen molar-refractivity contribution >= 4 is 5.69 Å². The van der Waals surface area contributed by atoms with Crippen molar-refractivity contribution in [2.45, 2.75) is 26.2 Å². The second-order valence-corrected chi connectivity index (χ2v) is 4.94. The Hall–Kier alpha value is -1.77. The third kappa shape index (κ3) is 3.13. The molecule has 0 radical (unpaired) electrons. The van der Waals surface area contributed by atoms with Crippen LogP contribution in [-0.2, 0) is 13.5 Å². The Morgan fingerprint density at radius 1 is 1.28 bits per heavy atom. The first-order valence-corrected chi connectivity index (χ1v) is 6.47. The van der Waals surface area contributed by atoms with E-state index in [-0.39, 0.29) is 0 Å². The van der Waals surface area contributed by atoms with Crippen LogP contribution < -0.4 is 5.32 Å². The third-order valence-corrected chi connectivity index (χ3v) is 3.07. The second-order valence-electron chi connectivity index (χ2n) is 4.94. The average molecular weight is 243 g/mol. The van der Waals surface area contributed by atoms with Gasteiger partial charge in [-0.05, 0) is 29.5 Å². The maximum absolute atomic E-state index is 4.18. The molecule has 0 atom stereocenters. The van der Waals surface area contributed by atoms with Crippen LogP contribution in [0, 0.1) is 0 Å². The van der Waals surface area contributed by atoms with Gasteiger partial charge in [0.05, 0.1) is 6.20 Å². The largest absolute Gasteiger partial charge is 0.384 e. The maximum Gasteiger partial charge on any atom is 0.0522 e. The molecule has 0 amide bonds. The van der Waals surface area contributed by atoms with Crippen molar-refractivity contribution in [1.82, 2.24) is 9.78 Å². The fourth-order valence-electron chi connectivity index (χ4n) is 2.10. The van der Waals surface area contributed by atoms with Gasteiger partial charge in [0.15, 0.2) is 0 Å². The summed E-state index contributed by atoms with van der Waals surface area (Å²) in [7, 11) is 1.95. The number of aryl methyl sites for hydroxylation is 1. The first kappa shape index (κ1) is 12.7. The molecule has 0 saturated carbocycles. The summed E-state index contributed by atoms with van der Waals surface area (Å²) in [5.41, 5.74) is 3.90. The molecule has 1 heterocycles. The van der Waals surface area contributed by atoms with E-state index in [1.54, 1.807) is 0 Å². The molecule has 0 bridgehead atoms. The fraction of sp³-hybridized carbons (Fsp3) is 0.400. The first-order valence-electron chi connectivity index (χ1n) is 6.47. The molecule has 2 rings (SSSR count). The normalized spacial score (nSPS) is 10.9. The van der Waals surface area contributed by atoms with E-state index in [4.69, 9.17) is 0 Å². The monoisotopic (exact) mass is 243 g/mol. The van der Waals surface area contributed by atoms with Crippen molar-refractivity contribution in [2.24, 2.45) is 7.05 Å². The van der Waals surface area contributed by atoms with Crippen LogP contribution in [0.1, 0.15) is 30.9 Å². The zero-order valence-electron chi connectivity index (χ0n) is 11.4. The Kier molecular flexibility index (Phi) is 4.03. The van der Waals surface area contributed by atoms with Crippen molar-refractivity contribution in [3.8, 4) is 0 Å². The summed E-state index contributed by atoms with van der Waals surface area (Å²) in [6.45, 7) is 5.39. The second kappa shape index (κ2) is 5.71. The molecule has 0 spiro atoms. The highest BCUT2D eigenvalue weighted by Gasteiger charge is 2.05. The number of rotatable bonds is 5. The summed E-state index contributed by atoms with van der Waals surface area (Å²) in [5.74, 6) is 0.548. The quantitative estimate of drug-likeness (QED) is 0.874. The average Bonchev–Trinajstić information content (AvgIpc) is 2.75. The van der Waals surface area contributed by atoms with E-state index in [9.17, 15) is 0 Å². The number of benzene rings is 1. The number of nitrogens with one attached hydrogen (secondary N) is 1. The molecule has 3 heteroatoms. The van der Waals surface area contributed by atoms with E-state index in [1.165, 1.54) is 16.8 Å². The Morgan fingerprint density at radius 2 is 2.06 bits per heavy atom. The van der Waals surface area contributed by atoms with E-state index >= 15 is 0 Å². The molecule has 0 aliphatic rings. The van der Waals surface area contributed by atoms with Crippen molar-refractivity contribution in [3.05, 3.63) is 47.8 Å². The molecule has 0 aliphatic heterocycles. The summed E-state index contributed by atoms with van der Waals surface area (Å²) >= 11 is 0. The minimum atomic E-state index is 0.548. The van der Waals surface area contributed by atoms with E-state index in [0.29, 0.717) is 5.92 Å². The molecular weight excluding hydrogens is 222 g/mol. The van der Waals surface area contributed by atoms with Gasteiger partial charge in [-0.1, -0.05) is 32.0 Å². The third-order valence-electron chi connectivity index (χ3n) is 3.07. The molecule has 0 unspecified atom stereocenters. The van der Waals surface area contributed by atoms with Gasteiger partial charge in [-0.25, -0.2) is 0 Å². The highest BCUT2D eigenvalue weighted by atomic mass is 15.2. The lowest BCUT2D eigenvalue weighted by Gasteiger charge is -2.14. The number of nitrogens with zero attached hydrogens (tertiary/aromatic N) is 2. The Labute approximate surface area is 109 Å². The van der Waals surface area contributed by atoms with Gasteiger partial charge < -0.3 is 5.32 Å². The van der Waals surface area contributed by atoms with Gasteiger partial charge in [0, 0.05) is 25.5 Å². The van der Waals surface area contributed by atoms with Crippen LogP contribution in [-0.4, -0.2) is 16.3 Å². The van der Waals surface area contributed by atoms with Crippen molar-refractivity contribution in [1.29, 1.82) is 0 Å². The molecular formula is C15H21N3. The molecule has 0 fully saturated rings. The topological polar surface area (TPSA) is 29.9 Å². The van der Waals surface area contributed by atoms with E-state index < -0.39 is 0 Å². The predicted octanol–water partition coefficient (Wildman–Crippen LogP) is 3.20. The number of hydrogen-bond donors (Lipinski definition) is 1. The van der Waals surface area contributed by atoms with Crippen molar-refractivity contribution in [3.63, 3.8) is 0 Å². The molecule has 0 aliphatic carbocycles. The summed E-state index contributed by atoms with van der Waals surface area (Å²) < 4.78 is 1.84. The zero-order chi connectivity index (χ0) is 13.0.